The number of sulfonamides is 1. The van der Waals surface area contributed by atoms with Gasteiger partial charge < -0.3 is 9.84 Å². The third kappa shape index (κ3) is 3.50. The van der Waals surface area contributed by atoms with Crippen LogP contribution in [0.3, 0.4) is 0 Å². The van der Waals surface area contributed by atoms with Gasteiger partial charge in [-0.1, -0.05) is 0 Å². The summed E-state index contributed by atoms with van der Waals surface area (Å²) in [6.45, 7) is 1.34. The Morgan fingerprint density at radius 1 is 1.65 bits per heavy atom. The van der Waals surface area contributed by atoms with Crippen molar-refractivity contribution in [1.29, 1.82) is 0 Å². The summed E-state index contributed by atoms with van der Waals surface area (Å²) in [5.74, 6) is -0.697. The molecule has 0 bridgehead atoms. The lowest BCUT2D eigenvalue weighted by atomic mass is 10.4. The fourth-order valence-corrected chi connectivity index (χ4v) is 3.51. The minimum absolute atomic E-state index is 0.0191. The van der Waals surface area contributed by atoms with E-state index < -0.39 is 22.1 Å². The smallest absolute Gasteiger partial charge is 0.349 e. The van der Waals surface area contributed by atoms with Crippen LogP contribution in [0, 0.1) is 0 Å². The van der Waals surface area contributed by atoms with Gasteiger partial charge in [0.2, 0.25) is 10.0 Å². The first-order valence-corrected chi connectivity index (χ1v) is 7.08. The zero-order chi connectivity index (χ0) is 13.1. The lowest BCUT2D eigenvalue weighted by Gasteiger charge is -2.08. The Morgan fingerprint density at radius 2 is 2.29 bits per heavy atom. The molecule has 96 valence electrons. The molecule has 0 fully saturated rings. The minimum atomic E-state index is -3.80. The molecule has 0 aromatic carbocycles. The number of aliphatic hydroxyl groups is 1. The number of ether oxygens (including phenoxy) is 1. The molecule has 1 unspecified atom stereocenters. The van der Waals surface area contributed by atoms with Crippen molar-refractivity contribution in [2.45, 2.75) is 17.9 Å². The van der Waals surface area contributed by atoms with Crippen LogP contribution in [0.4, 0.5) is 0 Å². The van der Waals surface area contributed by atoms with Crippen LogP contribution < -0.4 is 4.72 Å². The Morgan fingerprint density at radius 3 is 2.82 bits per heavy atom. The molecule has 0 aliphatic rings. The lowest BCUT2D eigenvalue weighted by Crippen LogP contribution is -2.31. The van der Waals surface area contributed by atoms with Gasteiger partial charge in [-0.15, -0.1) is 11.3 Å². The lowest BCUT2D eigenvalue weighted by molar-refractivity contribution is 0.0602. The van der Waals surface area contributed by atoms with Crippen molar-refractivity contribution in [3.8, 4) is 0 Å². The number of hydrogen-bond donors (Lipinski definition) is 2. The average Bonchev–Trinajstić information content (AvgIpc) is 2.75. The van der Waals surface area contributed by atoms with E-state index in [9.17, 15) is 13.2 Å². The zero-order valence-electron chi connectivity index (χ0n) is 9.34. The van der Waals surface area contributed by atoms with E-state index in [-0.39, 0.29) is 16.3 Å². The van der Waals surface area contributed by atoms with Gasteiger partial charge in [0.1, 0.15) is 9.77 Å². The summed E-state index contributed by atoms with van der Waals surface area (Å²) in [7, 11) is -2.62. The molecule has 1 aromatic rings. The summed E-state index contributed by atoms with van der Waals surface area (Å²) in [6, 6.07) is 1.32. The Hall–Kier alpha value is -0.960. The Kier molecular flexibility index (Phi) is 4.63. The largest absolute Gasteiger partial charge is 0.465 e. The molecule has 1 atom stereocenters. The van der Waals surface area contributed by atoms with E-state index in [0.29, 0.717) is 0 Å². The van der Waals surface area contributed by atoms with Crippen molar-refractivity contribution in [2.75, 3.05) is 13.7 Å². The van der Waals surface area contributed by atoms with Gasteiger partial charge in [0, 0.05) is 6.54 Å². The maximum atomic E-state index is 11.8. The van der Waals surface area contributed by atoms with Crippen LogP contribution in [0.2, 0.25) is 0 Å². The third-order valence-corrected chi connectivity index (χ3v) is 4.35. The van der Waals surface area contributed by atoms with Crippen LogP contribution in [-0.4, -0.2) is 39.3 Å². The summed E-state index contributed by atoms with van der Waals surface area (Å²) in [5, 5.41) is 10.5. The van der Waals surface area contributed by atoms with Crippen LogP contribution in [-0.2, 0) is 14.8 Å². The molecule has 0 amide bonds. The number of thiophene rings is 1. The second-order valence-corrected chi connectivity index (χ2v) is 5.96. The van der Waals surface area contributed by atoms with Gasteiger partial charge in [-0.05, 0) is 18.4 Å². The number of esters is 1. The SMILES string of the molecule is COC(=O)c1sccc1S(=O)(=O)NCC(C)O. The van der Waals surface area contributed by atoms with Gasteiger partial charge in [0.25, 0.3) is 0 Å². The molecule has 0 radical (unpaired) electrons. The van der Waals surface area contributed by atoms with Crippen molar-refractivity contribution in [3.63, 3.8) is 0 Å². The molecule has 1 heterocycles. The second-order valence-electron chi connectivity index (χ2n) is 3.31. The third-order valence-electron chi connectivity index (χ3n) is 1.86. The van der Waals surface area contributed by atoms with E-state index in [1.165, 1.54) is 25.5 Å². The molecule has 0 saturated carbocycles. The molecule has 0 saturated heterocycles. The number of methoxy groups -OCH3 is 1. The molecule has 1 rings (SSSR count). The molecule has 17 heavy (non-hydrogen) atoms. The number of aliphatic hydroxyl groups excluding tert-OH is 1. The maximum Gasteiger partial charge on any atom is 0.349 e. The van der Waals surface area contributed by atoms with Gasteiger partial charge in [0.15, 0.2) is 0 Å². The molecular formula is C9H13NO5S2. The molecule has 0 aliphatic heterocycles. The topological polar surface area (TPSA) is 92.7 Å². The summed E-state index contributed by atoms with van der Waals surface area (Å²) in [5.41, 5.74) is 0. The van der Waals surface area contributed by atoms with E-state index in [2.05, 4.69) is 9.46 Å². The minimum Gasteiger partial charge on any atom is -0.465 e. The highest BCUT2D eigenvalue weighted by Crippen LogP contribution is 2.22. The average molecular weight is 279 g/mol. The highest BCUT2D eigenvalue weighted by Gasteiger charge is 2.24. The quantitative estimate of drug-likeness (QED) is 0.751. The summed E-state index contributed by atoms with van der Waals surface area (Å²) >= 11 is 0.987. The van der Waals surface area contributed by atoms with E-state index in [4.69, 9.17) is 5.11 Å². The van der Waals surface area contributed by atoms with Gasteiger partial charge >= 0.3 is 5.97 Å². The van der Waals surface area contributed by atoms with Crippen molar-refractivity contribution in [2.24, 2.45) is 0 Å². The van der Waals surface area contributed by atoms with E-state index in [1.807, 2.05) is 0 Å². The van der Waals surface area contributed by atoms with Crippen molar-refractivity contribution in [1.82, 2.24) is 4.72 Å². The Bertz CT molecular complexity index is 491. The molecular weight excluding hydrogens is 266 g/mol. The van der Waals surface area contributed by atoms with Gasteiger partial charge in [-0.3, -0.25) is 0 Å². The van der Waals surface area contributed by atoms with Gasteiger partial charge in [0.05, 0.1) is 13.2 Å². The summed E-state index contributed by atoms with van der Waals surface area (Å²) < 4.78 is 30.3. The first-order valence-electron chi connectivity index (χ1n) is 4.72. The van der Waals surface area contributed by atoms with Crippen LogP contribution in [0.25, 0.3) is 0 Å². The second kappa shape index (κ2) is 5.58. The van der Waals surface area contributed by atoms with E-state index in [0.717, 1.165) is 11.3 Å². The first kappa shape index (κ1) is 14.1. The molecule has 6 nitrogen and oxygen atoms in total. The van der Waals surface area contributed by atoms with Crippen molar-refractivity contribution in [3.05, 3.63) is 16.3 Å². The fourth-order valence-electron chi connectivity index (χ4n) is 1.06. The number of nitrogens with one attached hydrogen (secondary N) is 1. The Labute approximate surface area is 103 Å². The van der Waals surface area contributed by atoms with Crippen molar-refractivity contribution < 1.29 is 23.1 Å². The van der Waals surface area contributed by atoms with Gasteiger partial charge in [-0.2, -0.15) is 0 Å². The predicted octanol–water partition coefficient (Wildman–Crippen LogP) is 0.194. The molecule has 2 N–H and O–H groups in total. The van der Waals surface area contributed by atoms with Gasteiger partial charge in [-0.25, -0.2) is 17.9 Å². The number of carbonyl (C=O) groups is 1. The van der Waals surface area contributed by atoms with E-state index in [1.54, 1.807) is 0 Å². The zero-order valence-corrected chi connectivity index (χ0v) is 11.0. The van der Waals surface area contributed by atoms with Crippen LogP contribution >= 0.6 is 11.3 Å². The van der Waals surface area contributed by atoms with Crippen molar-refractivity contribution >= 4 is 27.3 Å². The predicted molar refractivity (Wildman–Crippen MR) is 62.5 cm³/mol. The number of rotatable bonds is 5. The molecule has 1 aromatic heterocycles. The highest BCUT2D eigenvalue weighted by atomic mass is 32.2. The summed E-state index contributed by atoms with van der Waals surface area (Å²) in [6.07, 6.45) is -0.801. The monoisotopic (exact) mass is 279 g/mol. The summed E-state index contributed by atoms with van der Waals surface area (Å²) in [4.78, 5) is 11.2. The number of carbonyl (C=O) groups excluding carboxylic acids is 1. The van der Waals surface area contributed by atoms with E-state index >= 15 is 0 Å². The first-order chi connectivity index (χ1) is 7.88. The standard InChI is InChI=1S/C9H13NO5S2/c1-6(11)5-10-17(13,14)7-3-4-16-8(7)9(12)15-2/h3-4,6,10-11H,5H2,1-2H3. The Balaban J connectivity index is 2.99. The normalized spacial score (nSPS) is 13.4. The van der Waals surface area contributed by atoms with Crippen LogP contribution in [0.5, 0.6) is 0 Å². The number of hydrogen-bond acceptors (Lipinski definition) is 6. The molecule has 0 spiro atoms. The maximum absolute atomic E-state index is 11.8. The molecule has 0 aliphatic carbocycles. The van der Waals surface area contributed by atoms with Crippen LogP contribution in [0.1, 0.15) is 16.6 Å². The fraction of sp³-hybridized carbons (Fsp3) is 0.444. The highest BCUT2D eigenvalue weighted by molar-refractivity contribution is 7.89. The molecule has 8 heteroatoms. The van der Waals surface area contributed by atoms with Crippen LogP contribution in [0.15, 0.2) is 16.3 Å².